The first kappa shape index (κ1) is 13.6. The van der Waals surface area contributed by atoms with Crippen molar-refractivity contribution in [2.45, 2.75) is 25.9 Å². The normalized spacial score (nSPS) is 12.8. The Hall–Kier alpha value is -2.36. The molecule has 1 aliphatic rings. The van der Waals surface area contributed by atoms with Crippen LogP contribution in [0.3, 0.4) is 0 Å². The fourth-order valence-corrected chi connectivity index (χ4v) is 2.54. The highest BCUT2D eigenvalue weighted by Gasteiger charge is 2.11. The minimum Gasteiger partial charge on any atom is -0.487 e. The fourth-order valence-electron chi connectivity index (χ4n) is 2.54. The van der Waals surface area contributed by atoms with Crippen LogP contribution >= 0.6 is 0 Å². The zero-order chi connectivity index (χ0) is 14.7. The van der Waals surface area contributed by atoms with Gasteiger partial charge in [-0.15, -0.1) is 0 Å². The maximum Gasteiger partial charge on any atom is 0.339 e. The first-order valence-electron chi connectivity index (χ1n) is 7.04. The van der Waals surface area contributed by atoms with Gasteiger partial charge in [-0.2, -0.15) is 0 Å². The molecule has 0 aliphatic heterocycles. The molecule has 1 aromatic heterocycles. The predicted octanol–water partition coefficient (Wildman–Crippen LogP) is 2.94. The predicted molar refractivity (Wildman–Crippen MR) is 78.4 cm³/mol. The van der Waals surface area contributed by atoms with Crippen molar-refractivity contribution in [3.63, 3.8) is 0 Å². The molecule has 1 heterocycles. The number of pyridine rings is 1. The van der Waals surface area contributed by atoms with E-state index in [0.717, 1.165) is 17.9 Å². The van der Waals surface area contributed by atoms with E-state index in [0.29, 0.717) is 12.2 Å². The first-order chi connectivity index (χ1) is 10.3. The van der Waals surface area contributed by atoms with Crippen molar-refractivity contribution in [2.75, 3.05) is 7.11 Å². The van der Waals surface area contributed by atoms with E-state index in [1.165, 1.54) is 37.3 Å². The maximum atomic E-state index is 11.3. The van der Waals surface area contributed by atoms with Crippen LogP contribution < -0.4 is 4.74 Å². The number of carbonyl (C=O) groups excluding carboxylic acids is 1. The Labute approximate surface area is 123 Å². The molecule has 1 aromatic carbocycles. The topological polar surface area (TPSA) is 48.4 Å². The second-order valence-corrected chi connectivity index (χ2v) is 5.10. The van der Waals surface area contributed by atoms with E-state index in [2.05, 4.69) is 21.9 Å². The van der Waals surface area contributed by atoms with Gasteiger partial charge in [-0.25, -0.2) is 4.79 Å². The monoisotopic (exact) mass is 283 g/mol. The minimum atomic E-state index is -0.381. The zero-order valence-electron chi connectivity index (χ0n) is 12.0. The van der Waals surface area contributed by atoms with Crippen molar-refractivity contribution in [3.8, 4) is 5.75 Å². The molecule has 0 N–H and O–H groups in total. The van der Waals surface area contributed by atoms with E-state index in [-0.39, 0.29) is 5.97 Å². The Morgan fingerprint density at radius 2 is 2.05 bits per heavy atom. The maximum absolute atomic E-state index is 11.3. The van der Waals surface area contributed by atoms with Crippen LogP contribution in [0.5, 0.6) is 5.75 Å². The van der Waals surface area contributed by atoms with Crippen molar-refractivity contribution >= 4 is 5.97 Å². The lowest BCUT2D eigenvalue weighted by molar-refractivity contribution is 0.0600. The summed E-state index contributed by atoms with van der Waals surface area (Å²) >= 11 is 0. The Kier molecular flexibility index (Phi) is 3.86. The Morgan fingerprint density at radius 1 is 1.19 bits per heavy atom. The third-order valence-electron chi connectivity index (χ3n) is 3.70. The third-order valence-corrected chi connectivity index (χ3v) is 3.70. The molecular formula is C17H17NO3. The van der Waals surface area contributed by atoms with Gasteiger partial charge in [0.1, 0.15) is 12.4 Å². The highest BCUT2D eigenvalue weighted by Crippen LogP contribution is 2.26. The highest BCUT2D eigenvalue weighted by atomic mass is 16.5. The van der Waals surface area contributed by atoms with Crippen molar-refractivity contribution < 1.29 is 14.3 Å². The molecule has 2 aromatic rings. The van der Waals surface area contributed by atoms with Gasteiger partial charge in [-0.3, -0.25) is 4.98 Å². The number of aryl methyl sites for hydroxylation is 2. The number of aromatic nitrogens is 1. The number of ether oxygens (including phenoxy) is 2. The summed E-state index contributed by atoms with van der Waals surface area (Å²) in [6, 6.07) is 9.74. The van der Waals surface area contributed by atoms with Crippen LogP contribution in [-0.4, -0.2) is 18.1 Å². The average molecular weight is 283 g/mol. The number of fused-ring (bicyclic) bond motifs is 1. The number of methoxy groups -OCH3 is 1. The van der Waals surface area contributed by atoms with E-state index in [1.54, 1.807) is 12.1 Å². The van der Waals surface area contributed by atoms with Crippen LogP contribution in [0.15, 0.2) is 36.5 Å². The SMILES string of the molecule is COC(=O)c1ccc(COc2ccc3c(c2)CCC3)nc1. The number of hydrogen-bond donors (Lipinski definition) is 0. The summed E-state index contributed by atoms with van der Waals surface area (Å²) in [6.45, 7) is 0.389. The van der Waals surface area contributed by atoms with Crippen LogP contribution in [0, 0.1) is 0 Å². The van der Waals surface area contributed by atoms with Crippen LogP contribution in [0.4, 0.5) is 0 Å². The highest BCUT2D eigenvalue weighted by molar-refractivity contribution is 5.88. The molecule has 1 aliphatic carbocycles. The van der Waals surface area contributed by atoms with Gasteiger partial charge in [-0.1, -0.05) is 6.07 Å². The minimum absolute atomic E-state index is 0.381. The molecule has 0 amide bonds. The van der Waals surface area contributed by atoms with Gasteiger partial charge in [0.2, 0.25) is 0 Å². The molecule has 0 radical (unpaired) electrons. The number of nitrogens with zero attached hydrogens (tertiary/aromatic N) is 1. The second kappa shape index (κ2) is 5.95. The van der Waals surface area contributed by atoms with E-state index in [9.17, 15) is 4.79 Å². The van der Waals surface area contributed by atoms with Crippen molar-refractivity contribution in [2.24, 2.45) is 0 Å². The molecule has 0 unspecified atom stereocenters. The molecule has 0 bridgehead atoms. The van der Waals surface area contributed by atoms with Gasteiger partial charge in [0.05, 0.1) is 18.4 Å². The molecule has 0 fully saturated rings. The van der Waals surface area contributed by atoms with E-state index in [1.807, 2.05) is 6.07 Å². The summed E-state index contributed by atoms with van der Waals surface area (Å²) in [5.74, 6) is 0.489. The van der Waals surface area contributed by atoms with Crippen LogP contribution in [0.2, 0.25) is 0 Å². The summed E-state index contributed by atoms with van der Waals surface area (Å²) in [6.07, 6.45) is 5.05. The molecule has 0 atom stereocenters. The van der Waals surface area contributed by atoms with Gasteiger partial charge in [0, 0.05) is 6.20 Å². The molecule has 0 spiro atoms. The number of carbonyl (C=O) groups is 1. The molecule has 4 heteroatoms. The molecular weight excluding hydrogens is 266 g/mol. The average Bonchev–Trinajstić information content (AvgIpc) is 3.00. The van der Waals surface area contributed by atoms with Gasteiger partial charge < -0.3 is 9.47 Å². The standard InChI is InChI=1S/C17H17NO3/c1-20-17(19)14-5-7-15(18-10-14)11-21-16-8-6-12-3-2-4-13(12)9-16/h5-10H,2-4,11H2,1H3. The largest absolute Gasteiger partial charge is 0.487 e. The van der Waals surface area contributed by atoms with Crippen LogP contribution in [-0.2, 0) is 24.2 Å². The molecule has 108 valence electrons. The quantitative estimate of drug-likeness (QED) is 0.809. The molecule has 3 rings (SSSR count). The lowest BCUT2D eigenvalue weighted by Gasteiger charge is -2.08. The summed E-state index contributed by atoms with van der Waals surface area (Å²) in [5.41, 5.74) is 4.05. The molecule has 0 saturated carbocycles. The molecule has 0 saturated heterocycles. The lowest BCUT2D eigenvalue weighted by Crippen LogP contribution is -2.04. The molecule has 4 nitrogen and oxygen atoms in total. The number of benzene rings is 1. The van der Waals surface area contributed by atoms with Gasteiger partial charge in [0.25, 0.3) is 0 Å². The third kappa shape index (κ3) is 3.05. The van der Waals surface area contributed by atoms with E-state index in [4.69, 9.17) is 4.74 Å². The number of hydrogen-bond acceptors (Lipinski definition) is 4. The summed E-state index contributed by atoms with van der Waals surface area (Å²) < 4.78 is 10.4. The fraction of sp³-hybridized carbons (Fsp3) is 0.294. The number of rotatable bonds is 4. The van der Waals surface area contributed by atoms with Crippen molar-refractivity contribution in [3.05, 3.63) is 58.9 Å². The summed E-state index contributed by atoms with van der Waals surface area (Å²) in [4.78, 5) is 15.5. The van der Waals surface area contributed by atoms with Crippen LogP contribution in [0.25, 0.3) is 0 Å². The molecule has 21 heavy (non-hydrogen) atoms. The van der Waals surface area contributed by atoms with E-state index >= 15 is 0 Å². The van der Waals surface area contributed by atoms with Gasteiger partial charge >= 0.3 is 5.97 Å². The second-order valence-electron chi connectivity index (χ2n) is 5.10. The first-order valence-corrected chi connectivity index (χ1v) is 7.04. The van der Waals surface area contributed by atoms with E-state index < -0.39 is 0 Å². The van der Waals surface area contributed by atoms with Gasteiger partial charge in [0.15, 0.2) is 0 Å². The lowest BCUT2D eigenvalue weighted by atomic mass is 10.1. The zero-order valence-corrected chi connectivity index (χ0v) is 12.0. The summed E-state index contributed by atoms with van der Waals surface area (Å²) in [5, 5.41) is 0. The number of esters is 1. The summed E-state index contributed by atoms with van der Waals surface area (Å²) in [7, 11) is 1.35. The van der Waals surface area contributed by atoms with Crippen molar-refractivity contribution in [1.82, 2.24) is 4.98 Å². The Bertz CT molecular complexity index is 650. The Balaban J connectivity index is 1.63. The van der Waals surface area contributed by atoms with Gasteiger partial charge in [-0.05, 0) is 54.7 Å². The Morgan fingerprint density at radius 3 is 2.81 bits per heavy atom. The van der Waals surface area contributed by atoms with Crippen molar-refractivity contribution in [1.29, 1.82) is 0 Å². The van der Waals surface area contributed by atoms with Crippen LogP contribution in [0.1, 0.15) is 33.6 Å². The smallest absolute Gasteiger partial charge is 0.339 e.